The molecular weight excluding hydrogens is 188 g/mol. The first-order chi connectivity index (χ1) is 7.36. The number of hydrogen-bond donors (Lipinski definition) is 1. The maximum absolute atomic E-state index is 8.75. The molecule has 0 atom stereocenters. The lowest BCUT2D eigenvalue weighted by molar-refractivity contribution is 0.299. The van der Waals surface area contributed by atoms with Crippen LogP contribution in [0.2, 0.25) is 0 Å². The van der Waals surface area contributed by atoms with Gasteiger partial charge in [0.05, 0.1) is 6.61 Å². The van der Waals surface area contributed by atoms with E-state index in [0.29, 0.717) is 6.42 Å². The van der Waals surface area contributed by atoms with Crippen molar-refractivity contribution in [3.8, 4) is 5.75 Å². The predicted molar refractivity (Wildman–Crippen MR) is 62.2 cm³/mol. The molecule has 0 heterocycles. The van der Waals surface area contributed by atoms with Gasteiger partial charge in [-0.15, -0.1) is 6.58 Å². The van der Waals surface area contributed by atoms with Crippen LogP contribution >= 0.6 is 0 Å². The largest absolute Gasteiger partial charge is 0.494 e. The molecule has 2 nitrogen and oxygen atoms in total. The molecule has 0 aliphatic carbocycles. The molecule has 1 rings (SSSR count). The number of allylic oxidation sites excluding steroid dienone is 1. The van der Waals surface area contributed by atoms with E-state index in [1.807, 2.05) is 30.3 Å². The van der Waals surface area contributed by atoms with Gasteiger partial charge in [-0.1, -0.05) is 18.2 Å². The first-order valence-electron chi connectivity index (χ1n) is 5.30. The summed E-state index contributed by atoms with van der Waals surface area (Å²) in [6.07, 6.45) is 4.59. The molecule has 0 bridgehead atoms. The topological polar surface area (TPSA) is 29.5 Å². The second-order valence-corrected chi connectivity index (χ2v) is 3.40. The molecular formula is C13H18O2. The first-order valence-corrected chi connectivity index (χ1v) is 5.30. The Kier molecular flexibility index (Phi) is 5.56. The Labute approximate surface area is 91.2 Å². The molecule has 1 aromatic rings. The Hall–Kier alpha value is -1.28. The van der Waals surface area contributed by atoms with Crippen molar-refractivity contribution in [2.24, 2.45) is 0 Å². The normalized spacial score (nSPS) is 9.93. The quantitative estimate of drug-likeness (QED) is 0.549. The molecule has 0 aliphatic rings. The smallest absolute Gasteiger partial charge is 0.119 e. The van der Waals surface area contributed by atoms with Gasteiger partial charge in [0.2, 0.25) is 0 Å². The van der Waals surface area contributed by atoms with Crippen LogP contribution in [0.5, 0.6) is 5.75 Å². The Morgan fingerprint density at radius 1 is 1.27 bits per heavy atom. The molecule has 0 saturated carbocycles. The molecule has 0 saturated heterocycles. The monoisotopic (exact) mass is 206 g/mol. The number of hydrogen-bond acceptors (Lipinski definition) is 2. The maximum Gasteiger partial charge on any atom is 0.119 e. The minimum absolute atomic E-state index is 0.194. The highest BCUT2D eigenvalue weighted by Gasteiger charge is 1.94. The number of aliphatic hydroxyl groups excluding tert-OH is 1. The van der Waals surface area contributed by atoms with Crippen molar-refractivity contribution < 1.29 is 9.84 Å². The average molecular weight is 206 g/mol. The lowest BCUT2D eigenvalue weighted by Crippen LogP contribution is -1.97. The number of benzene rings is 1. The molecule has 1 N–H and O–H groups in total. The molecule has 1 aromatic carbocycles. The fourth-order valence-corrected chi connectivity index (χ4v) is 1.30. The highest BCUT2D eigenvalue weighted by Crippen LogP contribution is 2.12. The van der Waals surface area contributed by atoms with E-state index in [1.165, 1.54) is 0 Å². The van der Waals surface area contributed by atoms with Crippen LogP contribution in [0.4, 0.5) is 0 Å². The van der Waals surface area contributed by atoms with Gasteiger partial charge in [0.25, 0.3) is 0 Å². The van der Waals surface area contributed by atoms with Crippen molar-refractivity contribution in [1.82, 2.24) is 0 Å². The third kappa shape index (κ3) is 4.66. The molecule has 2 heteroatoms. The van der Waals surface area contributed by atoms with Crippen molar-refractivity contribution in [1.29, 1.82) is 0 Å². The summed E-state index contributed by atoms with van der Waals surface area (Å²) in [6.45, 7) is 4.58. The SMILES string of the molecule is C=CCCCOc1ccc(CCO)cc1. The molecule has 0 fully saturated rings. The minimum Gasteiger partial charge on any atom is -0.494 e. The molecule has 0 spiro atoms. The van der Waals surface area contributed by atoms with Crippen LogP contribution in [0.3, 0.4) is 0 Å². The predicted octanol–water partition coefficient (Wildman–Crippen LogP) is 2.57. The maximum atomic E-state index is 8.75. The van der Waals surface area contributed by atoms with Gasteiger partial charge in [0.1, 0.15) is 5.75 Å². The zero-order chi connectivity index (χ0) is 10.9. The molecule has 15 heavy (non-hydrogen) atoms. The molecule has 0 radical (unpaired) electrons. The summed E-state index contributed by atoms with van der Waals surface area (Å²) in [4.78, 5) is 0. The number of unbranched alkanes of at least 4 members (excludes halogenated alkanes) is 1. The lowest BCUT2D eigenvalue weighted by Gasteiger charge is -2.05. The summed E-state index contributed by atoms with van der Waals surface area (Å²) in [5.74, 6) is 0.890. The third-order valence-corrected chi connectivity index (χ3v) is 2.15. The van der Waals surface area contributed by atoms with Crippen LogP contribution < -0.4 is 4.74 Å². The van der Waals surface area contributed by atoms with Gasteiger partial charge >= 0.3 is 0 Å². The van der Waals surface area contributed by atoms with Gasteiger partial charge in [0, 0.05) is 6.61 Å². The van der Waals surface area contributed by atoms with Gasteiger partial charge < -0.3 is 9.84 Å². The van der Waals surface area contributed by atoms with E-state index in [9.17, 15) is 0 Å². The Balaban J connectivity index is 2.32. The number of aliphatic hydroxyl groups is 1. The summed E-state index contributed by atoms with van der Waals surface area (Å²) in [5, 5.41) is 8.75. The zero-order valence-electron chi connectivity index (χ0n) is 8.98. The lowest BCUT2D eigenvalue weighted by atomic mass is 10.1. The van der Waals surface area contributed by atoms with Crippen molar-refractivity contribution >= 4 is 0 Å². The Bertz CT molecular complexity index is 277. The standard InChI is InChI=1S/C13H18O2/c1-2-3-4-11-15-13-7-5-12(6-8-13)9-10-14/h2,5-8,14H,1,3-4,9-11H2. The van der Waals surface area contributed by atoms with Crippen LogP contribution in [-0.4, -0.2) is 18.3 Å². The van der Waals surface area contributed by atoms with E-state index in [4.69, 9.17) is 9.84 Å². The molecule has 0 unspecified atom stereocenters. The van der Waals surface area contributed by atoms with Crippen molar-refractivity contribution in [2.75, 3.05) is 13.2 Å². The van der Waals surface area contributed by atoms with E-state index >= 15 is 0 Å². The van der Waals surface area contributed by atoms with E-state index in [2.05, 4.69) is 6.58 Å². The third-order valence-electron chi connectivity index (χ3n) is 2.15. The zero-order valence-corrected chi connectivity index (χ0v) is 8.98. The van der Waals surface area contributed by atoms with Crippen LogP contribution in [0.25, 0.3) is 0 Å². The van der Waals surface area contributed by atoms with Gasteiger partial charge in [-0.25, -0.2) is 0 Å². The molecule has 0 amide bonds. The Morgan fingerprint density at radius 3 is 2.60 bits per heavy atom. The van der Waals surface area contributed by atoms with E-state index in [1.54, 1.807) is 0 Å². The fourth-order valence-electron chi connectivity index (χ4n) is 1.30. The minimum atomic E-state index is 0.194. The van der Waals surface area contributed by atoms with E-state index < -0.39 is 0 Å². The molecule has 0 aromatic heterocycles. The van der Waals surface area contributed by atoms with Crippen LogP contribution in [0.1, 0.15) is 18.4 Å². The summed E-state index contributed by atoms with van der Waals surface area (Å²) < 4.78 is 5.53. The van der Waals surface area contributed by atoms with Crippen molar-refractivity contribution in [3.63, 3.8) is 0 Å². The van der Waals surface area contributed by atoms with Crippen LogP contribution in [-0.2, 0) is 6.42 Å². The number of ether oxygens (including phenoxy) is 1. The summed E-state index contributed by atoms with van der Waals surface area (Å²) in [6, 6.07) is 7.86. The summed E-state index contributed by atoms with van der Waals surface area (Å²) in [5.41, 5.74) is 1.14. The first kappa shape index (κ1) is 11.8. The average Bonchev–Trinajstić information content (AvgIpc) is 2.27. The van der Waals surface area contributed by atoms with E-state index in [0.717, 1.165) is 30.8 Å². The fraction of sp³-hybridized carbons (Fsp3) is 0.385. The van der Waals surface area contributed by atoms with Crippen molar-refractivity contribution in [3.05, 3.63) is 42.5 Å². The van der Waals surface area contributed by atoms with Gasteiger partial charge in [-0.3, -0.25) is 0 Å². The van der Waals surface area contributed by atoms with Gasteiger partial charge in [-0.2, -0.15) is 0 Å². The molecule has 82 valence electrons. The van der Waals surface area contributed by atoms with Crippen LogP contribution in [0, 0.1) is 0 Å². The van der Waals surface area contributed by atoms with Gasteiger partial charge in [-0.05, 0) is 37.0 Å². The van der Waals surface area contributed by atoms with Gasteiger partial charge in [0.15, 0.2) is 0 Å². The summed E-state index contributed by atoms with van der Waals surface area (Å²) >= 11 is 0. The molecule has 0 aliphatic heterocycles. The van der Waals surface area contributed by atoms with E-state index in [-0.39, 0.29) is 6.61 Å². The van der Waals surface area contributed by atoms with Crippen molar-refractivity contribution in [2.45, 2.75) is 19.3 Å². The highest BCUT2D eigenvalue weighted by molar-refractivity contribution is 5.27. The highest BCUT2D eigenvalue weighted by atomic mass is 16.5. The second kappa shape index (κ2) is 7.07. The Morgan fingerprint density at radius 2 is 2.00 bits per heavy atom. The summed E-state index contributed by atoms with van der Waals surface area (Å²) in [7, 11) is 0. The van der Waals surface area contributed by atoms with Crippen LogP contribution in [0.15, 0.2) is 36.9 Å². The number of rotatable bonds is 7. The second-order valence-electron chi connectivity index (χ2n) is 3.40.